The van der Waals surface area contributed by atoms with Gasteiger partial charge >= 0.3 is 0 Å². The Morgan fingerprint density at radius 1 is 1.35 bits per heavy atom. The molecule has 1 saturated heterocycles. The number of amides is 1. The number of carbonyl (C=O) groups excluding carboxylic acids is 1. The Labute approximate surface area is 101 Å². The van der Waals surface area contributed by atoms with Crippen molar-refractivity contribution < 1.29 is 14.3 Å². The number of rotatable bonds is 3. The third-order valence-electron chi connectivity index (χ3n) is 3.07. The van der Waals surface area contributed by atoms with E-state index >= 15 is 0 Å². The average molecular weight is 235 g/mol. The minimum absolute atomic E-state index is 0.0215. The molecule has 1 amide bonds. The van der Waals surface area contributed by atoms with Gasteiger partial charge in [0.2, 0.25) is 0 Å². The molecule has 0 aliphatic carbocycles. The third-order valence-corrected chi connectivity index (χ3v) is 3.07. The Balaban J connectivity index is 2.24. The summed E-state index contributed by atoms with van der Waals surface area (Å²) in [5.74, 6) is 0.589. The van der Waals surface area contributed by atoms with E-state index in [1.54, 1.807) is 31.3 Å². The summed E-state index contributed by atoms with van der Waals surface area (Å²) in [5.41, 5.74) is 0.596. The molecule has 1 aliphatic heterocycles. The second-order valence-electron chi connectivity index (χ2n) is 4.03. The van der Waals surface area contributed by atoms with Crippen LogP contribution in [0.25, 0.3) is 0 Å². The van der Waals surface area contributed by atoms with Crippen molar-refractivity contribution in [1.82, 2.24) is 4.90 Å². The van der Waals surface area contributed by atoms with Crippen LogP contribution < -0.4 is 4.74 Å². The van der Waals surface area contributed by atoms with E-state index in [2.05, 4.69) is 0 Å². The lowest BCUT2D eigenvalue weighted by Crippen LogP contribution is -2.36. The van der Waals surface area contributed by atoms with Gasteiger partial charge in [-0.1, -0.05) is 12.1 Å². The minimum atomic E-state index is -0.104. The lowest BCUT2D eigenvalue weighted by Gasteiger charge is -2.24. The number of hydrogen-bond donors (Lipinski definition) is 0. The average Bonchev–Trinajstić information content (AvgIpc) is 2.86. The second-order valence-corrected chi connectivity index (χ2v) is 4.03. The molecule has 0 bridgehead atoms. The van der Waals surface area contributed by atoms with E-state index in [1.165, 1.54) is 0 Å². The van der Waals surface area contributed by atoms with E-state index in [4.69, 9.17) is 9.47 Å². The smallest absolute Gasteiger partial charge is 0.259 e. The molecule has 1 fully saturated rings. The van der Waals surface area contributed by atoms with Gasteiger partial charge in [-0.05, 0) is 25.0 Å². The van der Waals surface area contributed by atoms with E-state index in [1.807, 2.05) is 12.1 Å². The monoisotopic (exact) mass is 235 g/mol. The summed E-state index contributed by atoms with van der Waals surface area (Å²) < 4.78 is 10.5. The predicted octanol–water partition coefficient (Wildman–Crippen LogP) is 1.90. The van der Waals surface area contributed by atoms with Crippen LogP contribution in [0.2, 0.25) is 0 Å². The van der Waals surface area contributed by atoms with Crippen LogP contribution in [-0.4, -0.2) is 37.8 Å². The largest absolute Gasteiger partial charge is 0.496 e. The maximum Gasteiger partial charge on any atom is 0.259 e. The summed E-state index contributed by atoms with van der Waals surface area (Å²) in [6.07, 6.45) is 1.78. The molecule has 0 spiro atoms. The van der Waals surface area contributed by atoms with Crippen molar-refractivity contribution in [2.45, 2.75) is 19.1 Å². The summed E-state index contributed by atoms with van der Waals surface area (Å²) in [6.45, 7) is 0.745. The summed E-state index contributed by atoms with van der Waals surface area (Å²) in [6, 6.07) is 7.28. The molecule has 0 radical (unpaired) electrons. The number of nitrogens with zero attached hydrogens (tertiary/aromatic N) is 1. The number of ether oxygens (including phenoxy) is 2. The normalized spacial score (nSPS) is 19.4. The van der Waals surface area contributed by atoms with Crippen molar-refractivity contribution in [2.24, 2.45) is 0 Å². The van der Waals surface area contributed by atoms with E-state index in [0.717, 1.165) is 19.4 Å². The van der Waals surface area contributed by atoms with Crippen molar-refractivity contribution in [2.75, 3.05) is 20.8 Å². The summed E-state index contributed by atoms with van der Waals surface area (Å²) >= 11 is 0. The Kier molecular flexibility index (Phi) is 3.64. The van der Waals surface area contributed by atoms with E-state index in [0.29, 0.717) is 11.3 Å². The summed E-state index contributed by atoms with van der Waals surface area (Å²) in [5, 5.41) is 0. The molecule has 0 unspecified atom stereocenters. The van der Waals surface area contributed by atoms with Crippen LogP contribution >= 0.6 is 0 Å². The first-order valence-corrected chi connectivity index (χ1v) is 5.74. The molecule has 1 atom stereocenters. The first kappa shape index (κ1) is 11.9. The van der Waals surface area contributed by atoms with Gasteiger partial charge in [-0.2, -0.15) is 0 Å². The highest BCUT2D eigenvalue weighted by Crippen LogP contribution is 2.24. The van der Waals surface area contributed by atoms with Gasteiger partial charge in [0.1, 0.15) is 12.0 Å². The SMILES string of the molecule is COc1ccccc1C(=O)N1CCC[C@@H]1OC. The highest BCUT2D eigenvalue weighted by Gasteiger charge is 2.30. The van der Waals surface area contributed by atoms with Gasteiger partial charge in [0.25, 0.3) is 5.91 Å². The van der Waals surface area contributed by atoms with Crippen molar-refractivity contribution in [3.63, 3.8) is 0 Å². The Morgan fingerprint density at radius 2 is 2.12 bits per heavy atom. The molecular weight excluding hydrogens is 218 g/mol. The Morgan fingerprint density at radius 3 is 2.82 bits per heavy atom. The van der Waals surface area contributed by atoms with Gasteiger partial charge in [0, 0.05) is 13.7 Å². The second kappa shape index (κ2) is 5.19. The number of benzene rings is 1. The third kappa shape index (κ3) is 2.26. The summed E-state index contributed by atoms with van der Waals surface area (Å²) in [7, 11) is 3.21. The van der Waals surface area contributed by atoms with Crippen molar-refractivity contribution >= 4 is 5.91 Å². The number of methoxy groups -OCH3 is 2. The molecule has 4 nitrogen and oxygen atoms in total. The lowest BCUT2D eigenvalue weighted by atomic mass is 10.2. The molecule has 2 rings (SSSR count). The fourth-order valence-electron chi connectivity index (χ4n) is 2.19. The van der Waals surface area contributed by atoms with Gasteiger partial charge in [-0.25, -0.2) is 0 Å². The van der Waals surface area contributed by atoms with E-state index in [9.17, 15) is 4.79 Å². The van der Waals surface area contributed by atoms with Gasteiger partial charge in [0.15, 0.2) is 0 Å². The Bertz CT molecular complexity index is 405. The first-order valence-electron chi connectivity index (χ1n) is 5.74. The molecule has 4 heteroatoms. The molecule has 1 heterocycles. The van der Waals surface area contributed by atoms with Crippen LogP contribution in [0.3, 0.4) is 0 Å². The van der Waals surface area contributed by atoms with Crippen LogP contribution in [0.15, 0.2) is 24.3 Å². The highest BCUT2D eigenvalue weighted by atomic mass is 16.5. The van der Waals surface area contributed by atoms with Crippen molar-refractivity contribution in [1.29, 1.82) is 0 Å². The highest BCUT2D eigenvalue weighted by molar-refractivity contribution is 5.97. The maximum absolute atomic E-state index is 12.4. The number of likely N-dealkylation sites (tertiary alicyclic amines) is 1. The van der Waals surface area contributed by atoms with E-state index in [-0.39, 0.29) is 12.1 Å². The quantitative estimate of drug-likeness (QED) is 0.803. The zero-order chi connectivity index (χ0) is 12.3. The summed E-state index contributed by atoms with van der Waals surface area (Å²) in [4.78, 5) is 14.1. The number of hydrogen-bond acceptors (Lipinski definition) is 3. The fourth-order valence-corrected chi connectivity index (χ4v) is 2.19. The van der Waals surface area contributed by atoms with Crippen molar-refractivity contribution in [3.8, 4) is 5.75 Å². The molecule has 0 saturated carbocycles. The molecule has 92 valence electrons. The Hall–Kier alpha value is -1.55. The number of carbonyl (C=O) groups is 1. The van der Waals surface area contributed by atoms with Gasteiger partial charge in [-0.3, -0.25) is 4.79 Å². The van der Waals surface area contributed by atoms with Crippen LogP contribution in [0.4, 0.5) is 0 Å². The van der Waals surface area contributed by atoms with Gasteiger partial charge < -0.3 is 14.4 Å². The first-order chi connectivity index (χ1) is 8.27. The fraction of sp³-hybridized carbons (Fsp3) is 0.462. The van der Waals surface area contributed by atoms with Gasteiger partial charge in [0.05, 0.1) is 12.7 Å². The standard InChI is InChI=1S/C13H17NO3/c1-16-11-7-4-3-6-10(11)13(15)14-9-5-8-12(14)17-2/h3-4,6-7,12H,5,8-9H2,1-2H3/t12-/m0/s1. The van der Waals surface area contributed by atoms with E-state index < -0.39 is 0 Å². The molecular formula is C13H17NO3. The molecule has 17 heavy (non-hydrogen) atoms. The number of para-hydroxylation sites is 1. The maximum atomic E-state index is 12.4. The molecule has 1 aliphatic rings. The zero-order valence-corrected chi connectivity index (χ0v) is 10.2. The van der Waals surface area contributed by atoms with Gasteiger partial charge in [-0.15, -0.1) is 0 Å². The minimum Gasteiger partial charge on any atom is -0.496 e. The molecule has 1 aromatic carbocycles. The molecule has 0 N–H and O–H groups in total. The van der Waals surface area contributed by atoms with Crippen LogP contribution in [0.5, 0.6) is 5.75 Å². The lowest BCUT2D eigenvalue weighted by molar-refractivity contribution is 0.00151. The topological polar surface area (TPSA) is 38.8 Å². The molecule has 1 aromatic rings. The van der Waals surface area contributed by atoms with Crippen molar-refractivity contribution in [3.05, 3.63) is 29.8 Å². The molecule has 0 aromatic heterocycles. The van der Waals surface area contributed by atoms with Crippen LogP contribution in [0, 0.1) is 0 Å². The predicted molar refractivity (Wildman–Crippen MR) is 64.1 cm³/mol. The van der Waals surface area contributed by atoms with Crippen LogP contribution in [0.1, 0.15) is 23.2 Å². The van der Waals surface area contributed by atoms with Crippen LogP contribution in [-0.2, 0) is 4.74 Å². The zero-order valence-electron chi connectivity index (χ0n) is 10.2.